The average Bonchev–Trinajstić information content (AvgIpc) is 2.68. The van der Waals surface area contributed by atoms with Gasteiger partial charge in [-0.2, -0.15) is 5.10 Å². The fourth-order valence-corrected chi connectivity index (χ4v) is 2.09. The fourth-order valence-electron chi connectivity index (χ4n) is 2.09. The highest BCUT2D eigenvalue weighted by Gasteiger charge is 2.26. The second-order valence-corrected chi connectivity index (χ2v) is 5.27. The molecular formula is C14H21N7O. The Morgan fingerprint density at radius 3 is 2.59 bits per heavy atom. The molecule has 118 valence electrons. The van der Waals surface area contributed by atoms with Gasteiger partial charge in [0, 0.05) is 19.7 Å². The van der Waals surface area contributed by atoms with E-state index in [1.165, 1.54) is 12.1 Å². The first-order chi connectivity index (χ1) is 10.3. The summed E-state index contributed by atoms with van der Waals surface area (Å²) in [7, 11) is 7.11. The van der Waals surface area contributed by atoms with Gasteiger partial charge in [-0.25, -0.2) is 10.0 Å². The molecular weight excluding hydrogens is 282 g/mol. The van der Waals surface area contributed by atoms with Crippen LogP contribution in [0.3, 0.4) is 0 Å². The molecule has 5 N–H and O–H groups in total. The topological polar surface area (TPSA) is 116 Å². The summed E-state index contributed by atoms with van der Waals surface area (Å²) in [5.41, 5.74) is 14.4. The van der Waals surface area contributed by atoms with Crippen LogP contribution in [0.25, 0.3) is 0 Å². The van der Waals surface area contributed by atoms with Crippen LogP contribution in [0.1, 0.15) is 0 Å². The monoisotopic (exact) mass is 303 g/mol. The van der Waals surface area contributed by atoms with E-state index in [1.54, 1.807) is 19.2 Å². The number of anilines is 2. The molecule has 0 aromatic heterocycles. The Bertz CT molecular complexity index is 663. The minimum Gasteiger partial charge on any atom is -0.495 e. The maximum Gasteiger partial charge on any atom is 0.169 e. The van der Waals surface area contributed by atoms with Crippen molar-refractivity contribution in [1.82, 2.24) is 9.91 Å². The molecule has 2 rings (SSSR count). The summed E-state index contributed by atoms with van der Waals surface area (Å²) in [5.74, 6) is 0.726. The smallest absolute Gasteiger partial charge is 0.169 e. The molecule has 1 aromatic rings. The van der Waals surface area contributed by atoms with Gasteiger partial charge < -0.3 is 21.1 Å². The minimum atomic E-state index is 0.229. The van der Waals surface area contributed by atoms with Gasteiger partial charge in [0.1, 0.15) is 17.2 Å². The van der Waals surface area contributed by atoms with Crippen molar-refractivity contribution < 1.29 is 4.74 Å². The highest BCUT2D eigenvalue weighted by Crippen LogP contribution is 2.33. The number of nitrogens with one attached hydrogen (secondary N) is 1. The van der Waals surface area contributed by atoms with Crippen molar-refractivity contribution in [3.05, 3.63) is 12.1 Å². The number of nitrogens with two attached hydrogens (primary N) is 2. The maximum atomic E-state index is 8.11. The molecule has 0 atom stereocenters. The summed E-state index contributed by atoms with van der Waals surface area (Å²) in [6.45, 7) is 0.581. The van der Waals surface area contributed by atoms with Gasteiger partial charge in [0.25, 0.3) is 0 Å². The zero-order chi connectivity index (χ0) is 16.4. The zero-order valence-electron chi connectivity index (χ0n) is 13.2. The summed E-state index contributed by atoms with van der Waals surface area (Å²) < 4.78 is 5.19. The molecule has 0 bridgehead atoms. The first kappa shape index (κ1) is 15.8. The minimum absolute atomic E-state index is 0.229. The molecule has 8 heteroatoms. The van der Waals surface area contributed by atoms with Crippen molar-refractivity contribution in [3.63, 3.8) is 0 Å². The molecule has 1 aromatic carbocycles. The van der Waals surface area contributed by atoms with Crippen molar-refractivity contribution in [2.75, 3.05) is 46.3 Å². The lowest BCUT2D eigenvalue weighted by molar-refractivity contribution is 0.417. The third-order valence-corrected chi connectivity index (χ3v) is 3.17. The highest BCUT2D eigenvalue weighted by atomic mass is 16.5. The molecule has 22 heavy (non-hydrogen) atoms. The van der Waals surface area contributed by atoms with E-state index >= 15 is 0 Å². The third kappa shape index (κ3) is 3.01. The predicted octanol–water partition coefficient (Wildman–Crippen LogP) is 0.772. The molecule has 0 unspecified atom stereocenters. The number of nitrogen functional groups attached to an aromatic ring is 2. The largest absolute Gasteiger partial charge is 0.495 e. The summed E-state index contributed by atoms with van der Waals surface area (Å²) in [6, 6.07) is 3.26. The zero-order valence-corrected chi connectivity index (χ0v) is 13.2. The van der Waals surface area contributed by atoms with E-state index in [0.29, 0.717) is 40.8 Å². The Balaban J connectivity index is 2.47. The van der Waals surface area contributed by atoms with Gasteiger partial charge >= 0.3 is 0 Å². The molecule has 8 nitrogen and oxygen atoms in total. The van der Waals surface area contributed by atoms with Crippen LogP contribution in [0.5, 0.6) is 5.75 Å². The molecule has 0 saturated heterocycles. The number of hydrogen-bond acceptors (Lipinski definition) is 7. The van der Waals surface area contributed by atoms with Crippen LogP contribution in [-0.2, 0) is 0 Å². The number of ether oxygens (including phenoxy) is 1. The molecule has 0 spiro atoms. The second-order valence-electron chi connectivity index (χ2n) is 5.27. The van der Waals surface area contributed by atoms with Gasteiger partial charge in [-0.05, 0) is 20.2 Å². The second kappa shape index (κ2) is 6.02. The van der Waals surface area contributed by atoms with Crippen molar-refractivity contribution in [3.8, 4) is 5.75 Å². The van der Waals surface area contributed by atoms with Crippen molar-refractivity contribution in [2.45, 2.75) is 0 Å². The van der Waals surface area contributed by atoms with Gasteiger partial charge in [0.15, 0.2) is 5.84 Å². The van der Waals surface area contributed by atoms with Crippen molar-refractivity contribution in [1.29, 1.82) is 5.41 Å². The summed E-state index contributed by atoms with van der Waals surface area (Å²) >= 11 is 0. The van der Waals surface area contributed by atoms with Gasteiger partial charge in [-0.1, -0.05) is 0 Å². The van der Waals surface area contributed by atoms with Crippen molar-refractivity contribution in [2.24, 2.45) is 10.1 Å². The van der Waals surface area contributed by atoms with E-state index in [9.17, 15) is 0 Å². The average molecular weight is 303 g/mol. The Hall–Kier alpha value is -2.61. The first-order valence-electron chi connectivity index (χ1n) is 6.70. The van der Waals surface area contributed by atoms with Gasteiger partial charge in [-0.15, -0.1) is 0 Å². The quantitative estimate of drug-likeness (QED) is 0.710. The van der Waals surface area contributed by atoms with Crippen LogP contribution in [0.4, 0.5) is 17.1 Å². The standard InChI is InChI=1S/C14H21N7O/c1-20(2)7-11-13(14(17)21(3)19-11)18-10-6-12(22-4)9(16)5-8(10)15/h5-6,17H,7,15-16H2,1-4H3. The van der Waals surface area contributed by atoms with E-state index in [-0.39, 0.29) is 5.84 Å². The van der Waals surface area contributed by atoms with E-state index in [1.807, 2.05) is 19.0 Å². The van der Waals surface area contributed by atoms with Crippen LogP contribution in [0.15, 0.2) is 22.2 Å². The van der Waals surface area contributed by atoms with Crippen LogP contribution in [-0.4, -0.2) is 62.0 Å². The van der Waals surface area contributed by atoms with Crippen LogP contribution < -0.4 is 16.2 Å². The first-order valence-corrected chi connectivity index (χ1v) is 6.70. The van der Waals surface area contributed by atoms with E-state index in [2.05, 4.69) is 10.1 Å². The van der Waals surface area contributed by atoms with Crippen LogP contribution in [0.2, 0.25) is 0 Å². The molecule has 0 radical (unpaired) electrons. The number of hydrogen-bond donors (Lipinski definition) is 3. The number of aliphatic imine (C=N–C) groups is 1. The molecule has 0 fully saturated rings. The number of benzene rings is 1. The van der Waals surface area contributed by atoms with Crippen LogP contribution in [0, 0.1) is 5.41 Å². The molecule has 1 aliphatic heterocycles. The number of methoxy groups -OCH3 is 1. The highest BCUT2D eigenvalue weighted by molar-refractivity contribution is 6.70. The summed E-state index contributed by atoms with van der Waals surface area (Å²) in [5, 5.41) is 13.9. The lowest BCUT2D eigenvalue weighted by Gasteiger charge is -2.11. The van der Waals surface area contributed by atoms with Crippen LogP contribution >= 0.6 is 0 Å². The van der Waals surface area contributed by atoms with Gasteiger partial charge in [-0.3, -0.25) is 5.41 Å². The SMILES string of the molecule is COc1cc(N=C2C(=N)N(C)N=C2CN(C)C)c(N)cc1N. The molecule has 0 amide bonds. The Morgan fingerprint density at radius 1 is 1.32 bits per heavy atom. The summed E-state index contributed by atoms with van der Waals surface area (Å²) in [6.07, 6.45) is 0. The maximum absolute atomic E-state index is 8.11. The van der Waals surface area contributed by atoms with Gasteiger partial charge in [0.2, 0.25) is 0 Å². The number of amidine groups is 1. The fraction of sp³-hybridized carbons (Fsp3) is 0.357. The summed E-state index contributed by atoms with van der Waals surface area (Å²) in [4.78, 5) is 6.47. The molecule has 1 heterocycles. The van der Waals surface area contributed by atoms with E-state index in [4.69, 9.17) is 21.6 Å². The lowest BCUT2D eigenvalue weighted by Crippen LogP contribution is -2.30. The molecule has 0 aliphatic carbocycles. The third-order valence-electron chi connectivity index (χ3n) is 3.17. The number of hydrazone groups is 1. The van der Waals surface area contributed by atoms with E-state index in [0.717, 1.165) is 0 Å². The number of nitrogens with zero attached hydrogens (tertiary/aromatic N) is 4. The molecule has 0 saturated carbocycles. The van der Waals surface area contributed by atoms with Gasteiger partial charge in [0.05, 0.1) is 24.2 Å². The Labute approximate surface area is 129 Å². The lowest BCUT2D eigenvalue weighted by atomic mass is 10.2. The molecule has 1 aliphatic rings. The number of rotatable bonds is 4. The predicted molar refractivity (Wildman–Crippen MR) is 90.4 cm³/mol. The normalized spacial score (nSPS) is 16.6. The Kier molecular flexibility index (Phi) is 4.32. The Morgan fingerprint density at radius 2 is 2.00 bits per heavy atom. The van der Waals surface area contributed by atoms with E-state index < -0.39 is 0 Å². The van der Waals surface area contributed by atoms with Crippen molar-refractivity contribution >= 4 is 34.3 Å².